The van der Waals surface area contributed by atoms with E-state index in [-0.39, 0.29) is 60.9 Å². The molecule has 15 atom stereocenters. The van der Waals surface area contributed by atoms with Gasteiger partial charge in [0.15, 0.2) is 5.78 Å². The van der Waals surface area contributed by atoms with E-state index in [1.165, 1.54) is 12.0 Å². The maximum absolute atomic E-state index is 14.5. The van der Waals surface area contributed by atoms with Gasteiger partial charge < -0.3 is 49.3 Å². The first kappa shape index (κ1) is 57.2. The number of aliphatic hydroxyl groups is 2. The molecule has 0 spiro atoms. The van der Waals surface area contributed by atoms with Gasteiger partial charge in [-0.2, -0.15) is 0 Å². The number of rotatable bonds is 9. The van der Waals surface area contributed by atoms with Gasteiger partial charge >= 0.3 is 5.97 Å². The van der Waals surface area contributed by atoms with Crippen LogP contribution >= 0.6 is 0 Å². The predicted molar refractivity (Wildman–Crippen MR) is 258 cm³/mol. The zero-order chi connectivity index (χ0) is 50.3. The maximum Gasteiger partial charge on any atom is 0.329 e. The Hall–Kier alpha value is -3.41. The van der Waals surface area contributed by atoms with Gasteiger partial charge in [0.05, 0.1) is 31.0 Å². The smallest absolute Gasteiger partial charge is 0.329 e. The average molecular weight is 957 g/mol. The van der Waals surface area contributed by atoms with E-state index in [0.717, 1.165) is 18.4 Å². The van der Waals surface area contributed by atoms with Crippen LogP contribution < -0.4 is 5.73 Å². The number of cyclic esters (lactones) is 1. The molecule has 2 bridgehead atoms. The highest BCUT2D eigenvalue weighted by molar-refractivity contribution is 6.39. The Balaban J connectivity index is 1.70. The number of Topliss-reactive ketones (excluding diaryl/α,β-unsaturated/α-hetero) is 3. The van der Waals surface area contributed by atoms with E-state index in [4.69, 9.17) is 34.2 Å². The van der Waals surface area contributed by atoms with Crippen molar-refractivity contribution in [2.24, 2.45) is 41.2 Å². The summed E-state index contributed by atoms with van der Waals surface area (Å²) >= 11 is 0. The Morgan fingerprint density at radius 2 is 1.60 bits per heavy atom. The second-order valence-corrected chi connectivity index (χ2v) is 20.2. The van der Waals surface area contributed by atoms with E-state index in [1.807, 2.05) is 58.1 Å². The first-order valence-corrected chi connectivity index (χ1v) is 25.1. The highest BCUT2D eigenvalue weighted by atomic mass is 16.6. The molecule has 4 N–H and O–H groups in total. The van der Waals surface area contributed by atoms with Crippen LogP contribution in [0, 0.1) is 35.5 Å². The molecule has 0 aromatic rings. The number of nitrogens with two attached hydrogens (primary N) is 1. The lowest BCUT2D eigenvalue weighted by atomic mass is 9.78. The zero-order valence-electron chi connectivity index (χ0n) is 42.6. The number of amides is 1. The molecule has 3 aliphatic heterocycles. The molecular weight excluding hydrogens is 873 g/mol. The third-order valence-electron chi connectivity index (χ3n) is 14.9. The van der Waals surface area contributed by atoms with Gasteiger partial charge in [0.2, 0.25) is 5.79 Å². The maximum atomic E-state index is 14.5. The number of methoxy groups -OCH3 is 3. The van der Waals surface area contributed by atoms with E-state index < -0.39 is 77.8 Å². The van der Waals surface area contributed by atoms with Crippen LogP contribution in [0.1, 0.15) is 126 Å². The molecule has 68 heavy (non-hydrogen) atoms. The van der Waals surface area contributed by atoms with Crippen molar-refractivity contribution in [3.63, 3.8) is 0 Å². The van der Waals surface area contributed by atoms with Crippen LogP contribution in [0.5, 0.6) is 0 Å². The van der Waals surface area contributed by atoms with Gasteiger partial charge in [0.25, 0.3) is 11.7 Å². The quantitative estimate of drug-likeness (QED) is 0.134. The fraction of sp³-hybridized carbons (Fsp3) is 0.755. The van der Waals surface area contributed by atoms with Crippen molar-refractivity contribution in [1.29, 1.82) is 0 Å². The lowest BCUT2D eigenvalue weighted by Crippen LogP contribution is -2.61. The Morgan fingerprint density at radius 1 is 0.868 bits per heavy atom. The summed E-state index contributed by atoms with van der Waals surface area (Å²) in [7, 11) is 4.62. The van der Waals surface area contributed by atoms with Crippen molar-refractivity contribution in [2.75, 3.05) is 41.0 Å². The summed E-state index contributed by atoms with van der Waals surface area (Å²) in [5.41, 5.74) is 6.99. The first-order chi connectivity index (χ1) is 32.3. The minimum absolute atomic E-state index is 0.0199. The van der Waals surface area contributed by atoms with Gasteiger partial charge in [-0.1, -0.05) is 71.1 Å². The number of nitrogens with zero attached hydrogens (tertiary/aromatic N) is 1. The molecule has 384 valence electrons. The van der Waals surface area contributed by atoms with Crippen molar-refractivity contribution in [3.05, 3.63) is 47.6 Å². The molecule has 1 saturated carbocycles. The lowest BCUT2D eigenvalue weighted by Gasteiger charge is -2.42. The summed E-state index contributed by atoms with van der Waals surface area (Å²) in [6, 6.07) is -1.13. The van der Waals surface area contributed by atoms with Gasteiger partial charge in [-0.3, -0.25) is 19.2 Å². The number of ketones is 3. The number of ether oxygens (including phenoxy) is 6. The molecule has 0 aromatic heterocycles. The van der Waals surface area contributed by atoms with Crippen LogP contribution in [0.15, 0.2) is 47.6 Å². The molecule has 15 heteroatoms. The molecule has 4 rings (SSSR count). The summed E-state index contributed by atoms with van der Waals surface area (Å²) in [6.45, 7) is 13.7. The van der Waals surface area contributed by atoms with Crippen molar-refractivity contribution < 1.29 is 62.6 Å². The molecule has 3 fully saturated rings. The van der Waals surface area contributed by atoms with E-state index in [1.54, 1.807) is 41.1 Å². The zero-order valence-corrected chi connectivity index (χ0v) is 42.6. The van der Waals surface area contributed by atoms with E-state index in [0.29, 0.717) is 70.1 Å². The molecule has 2 saturated heterocycles. The Kier molecular flexibility index (Phi) is 22.9. The van der Waals surface area contributed by atoms with E-state index >= 15 is 0 Å². The SMILES string of the molecule is CO[C@H]1C[C@@H]2CC[C@@H](C)[C@@](O)(O2)C(=O)C(=O)N2CCCC[C@H]2C(=O)O[C@H]([C@H](C)C[C@H]2CC[C@@H](OCCN)[C@H](OC)C2)CC(=O)[C@H](C)/C=C(\C)[C@@H](O)[C@@H](OC)C(=O)[C@H](C)C[C@H](C)/C=C/C=C/C=C/1C. The van der Waals surface area contributed by atoms with Crippen molar-refractivity contribution in [3.8, 4) is 0 Å². The average Bonchev–Trinajstić information content (AvgIpc) is 3.32. The Morgan fingerprint density at radius 3 is 2.28 bits per heavy atom. The number of allylic oxidation sites excluding steroid dienone is 6. The number of esters is 1. The standard InChI is InChI=1S/C53H84N2O13/c1-32-16-12-11-13-17-33(2)44(63-8)30-40-21-19-38(7)53(62,68-40)50(59)51(60)55-24-15-14-18-41(55)52(61)67-45(35(4)28-39-20-22-43(66-25-23-54)46(29-39)64-9)31-42(56)34(3)27-37(6)48(58)49(65-10)47(57)36(5)26-32/h11-13,16-17,27,32,34-36,38-41,43-46,48-49,58,62H,14-15,18-26,28-31,54H2,1-10H3/b13-11+,16-12+,33-17+,37-27+/t32-,34-,35-,36-,38-,39-,40+,41+,43-,44+,45+,46-,48-,49+,53-/m1/s1. The summed E-state index contributed by atoms with van der Waals surface area (Å²) in [5, 5.41) is 23.5. The number of piperidine rings is 1. The number of hydrogen-bond donors (Lipinski definition) is 3. The number of carbonyl (C=O) groups excluding carboxylic acids is 5. The van der Waals surface area contributed by atoms with Crippen LogP contribution in [-0.4, -0.2) is 140 Å². The van der Waals surface area contributed by atoms with Gasteiger partial charge in [0, 0.05) is 65.0 Å². The molecule has 1 amide bonds. The topological polar surface area (TPSA) is 210 Å². The molecule has 0 aromatic carbocycles. The lowest BCUT2D eigenvalue weighted by molar-refractivity contribution is -0.265. The molecule has 0 radical (unpaired) electrons. The Bertz CT molecular complexity index is 1810. The summed E-state index contributed by atoms with van der Waals surface area (Å²) < 4.78 is 35.8. The van der Waals surface area contributed by atoms with Crippen LogP contribution in [-0.2, 0) is 52.4 Å². The first-order valence-electron chi connectivity index (χ1n) is 25.1. The van der Waals surface area contributed by atoms with E-state index in [9.17, 15) is 34.2 Å². The highest BCUT2D eigenvalue weighted by Gasteiger charge is 2.53. The van der Waals surface area contributed by atoms with Crippen LogP contribution in [0.2, 0.25) is 0 Å². The molecule has 0 unspecified atom stereocenters. The summed E-state index contributed by atoms with van der Waals surface area (Å²) in [6.07, 6.45) is 12.4. The highest BCUT2D eigenvalue weighted by Crippen LogP contribution is 2.38. The monoisotopic (exact) mass is 957 g/mol. The number of carbonyl (C=O) groups is 5. The number of fused-ring (bicyclic) bond motifs is 3. The van der Waals surface area contributed by atoms with Gasteiger partial charge in [-0.05, 0) is 107 Å². The van der Waals surface area contributed by atoms with Gasteiger partial charge in [-0.25, -0.2) is 4.79 Å². The molecule has 15 nitrogen and oxygen atoms in total. The third-order valence-corrected chi connectivity index (χ3v) is 14.9. The minimum atomic E-state index is -2.43. The molecule has 3 heterocycles. The summed E-state index contributed by atoms with van der Waals surface area (Å²) in [5.74, 6) is -7.84. The molecular formula is C53H84N2O13. The predicted octanol–water partition coefficient (Wildman–Crippen LogP) is 6.16. The van der Waals surface area contributed by atoms with Gasteiger partial charge in [-0.15, -0.1) is 0 Å². The van der Waals surface area contributed by atoms with Crippen molar-refractivity contribution in [2.45, 2.75) is 180 Å². The fourth-order valence-corrected chi connectivity index (χ4v) is 10.5. The van der Waals surface area contributed by atoms with E-state index in [2.05, 4.69) is 0 Å². The second kappa shape index (κ2) is 27.3. The van der Waals surface area contributed by atoms with Crippen LogP contribution in [0.4, 0.5) is 0 Å². The number of aliphatic hydroxyl groups excluding tert-OH is 1. The normalized spacial score (nSPS) is 39.2. The van der Waals surface area contributed by atoms with Crippen LogP contribution in [0.25, 0.3) is 0 Å². The van der Waals surface area contributed by atoms with Crippen molar-refractivity contribution >= 4 is 29.2 Å². The fourth-order valence-electron chi connectivity index (χ4n) is 10.5. The number of hydrogen-bond acceptors (Lipinski definition) is 14. The summed E-state index contributed by atoms with van der Waals surface area (Å²) in [4.78, 5) is 72.2. The van der Waals surface area contributed by atoms with Crippen LogP contribution in [0.3, 0.4) is 0 Å². The molecule has 1 aliphatic carbocycles. The Labute approximate surface area is 405 Å². The minimum Gasteiger partial charge on any atom is -0.460 e. The molecule has 4 aliphatic rings. The third kappa shape index (κ3) is 15.3. The largest absolute Gasteiger partial charge is 0.460 e. The van der Waals surface area contributed by atoms with Gasteiger partial charge in [0.1, 0.15) is 30.1 Å². The van der Waals surface area contributed by atoms with Crippen molar-refractivity contribution in [1.82, 2.24) is 4.90 Å². The second-order valence-electron chi connectivity index (χ2n) is 20.2.